The Labute approximate surface area is 191 Å². The van der Waals surface area contributed by atoms with Crippen LogP contribution in [0.5, 0.6) is 0 Å². The van der Waals surface area contributed by atoms with Crippen molar-refractivity contribution in [2.24, 2.45) is 4.99 Å². The Bertz CT molecular complexity index is 1430. The standard InChI is InChI=1S/C25H20N6S/c1-15-6-8-20(16(2)10-15)23-24(29-18-5-3-4-17(11-18)13-26)30-25(32)31(23)19-7-9-21-22(12-19)28-14-27-21/h3-12,14,23H,1-2H3,(H,27,28)(H,29,30,32). The number of benzene rings is 3. The van der Waals surface area contributed by atoms with Crippen molar-refractivity contribution in [3.8, 4) is 6.07 Å². The molecule has 5 rings (SSSR count). The molecule has 0 saturated carbocycles. The Morgan fingerprint density at radius 2 is 1.97 bits per heavy atom. The van der Waals surface area contributed by atoms with Crippen LogP contribution in [-0.2, 0) is 0 Å². The van der Waals surface area contributed by atoms with E-state index in [1.54, 1.807) is 12.4 Å². The maximum atomic E-state index is 9.27. The van der Waals surface area contributed by atoms with Gasteiger partial charge in [-0.3, -0.25) is 0 Å². The van der Waals surface area contributed by atoms with Crippen LogP contribution in [0.4, 0.5) is 11.4 Å². The molecule has 0 radical (unpaired) electrons. The Morgan fingerprint density at radius 3 is 2.78 bits per heavy atom. The highest BCUT2D eigenvalue weighted by atomic mass is 32.1. The molecule has 1 aromatic heterocycles. The number of aromatic amines is 1. The first-order chi connectivity index (χ1) is 15.5. The Balaban J connectivity index is 1.61. The van der Waals surface area contributed by atoms with Crippen LogP contribution in [0.25, 0.3) is 11.0 Å². The maximum absolute atomic E-state index is 9.27. The molecule has 2 N–H and O–H groups in total. The smallest absolute Gasteiger partial charge is 0.202 e. The molecule has 0 fully saturated rings. The van der Waals surface area contributed by atoms with Crippen molar-refractivity contribution in [3.05, 3.63) is 89.2 Å². The minimum absolute atomic E-state index is 0.228. The number of fused-ring (bicyclic) bond motifs is 1. The number of nitrogens with one attached hydrogen (secondary N) is 2. The number of amidine groups is 1. The summed E-state index contributed by atoms with van der Waals surface area (Å²) in [5.41, 5.74) is 7.62. The third kappa shape index (κ3) is 3.51. The number of hydrogen-bond acceptors (Lipinski definition) is 4. The van der Waals surface area contributed by atoms with Crippen LogP contribution < -0.4 is 10.2 Å². The van der Waals surface area contributed by atoms with Crippen molar-refractivity contribution < 1.29 is 0 Å². The number of aliphatic imine (C=N–C) groups is 1. The lowest BCUT2D eigenvalue weighted by Gasteiger charge is -2.29. The number of aromatic nitrogens is 2. The second kappa shape index (κ2) is 7.91. The van der Waals surface area contributed by atoms with Crippen LogP contribution in [0.1, 0.15) is 28.3 Å². The molecule has 0 bridgehead atoms. The van der Waals surface area contributed by atoms with Gasteiger partial charge in [-0.05, 0) is 73.6 Å². The predicted octanol–water partition coefficient (Wildman–Crippen LogP) is 5.41. The Morgan fingerprint density at radius 1 is 1.09 bits per heavy atom. The summed E-state index contributed by atoms with van der Waals surface area (Å²) in [6, 6.07) is 21.8. The van der Waals surface area contributed by atoms with E-state index in [9.17, 15) is 5.26 Å². The molecule has 156 valence electrons. The van der Waals surface area contributed by atoms with Gasteiger partial charge in [0.2, 0.25) is 5.11 Å². The summed E-state index contributed by atoms with van der Waals surface area (Å²) in [5.74, 6) is 0.724. The van der Waals surface area contributed by atoms with E-state index in [-0.39, 0.29) is 6.04 Å². The molecule has 4 aromatic rings. The van der Waals surface area contributed by atoms with Crippen LogP contribution in [0.2, 0.25) is 0 Å². The number of imidazole rings is 1. The molecule has 0 amide bonds. The Hall–Kier alpha value is -4.02. The van der Waals surface area contributed by atoms with Gasteiger partial charge in [-0.1, -0.05) is 29.8 Å². The van der Waals surface area contributed by atoms with Crippen LogP contribution in [0, 0.1) is 25.2 Å². The summed E-state index contributed by atoms with van der Waals surface area (Å²) >= 11 is 5.73. The highest BCUT2D eigenvalue weighted by molar-refractivity contribution is 7.80. The zero-order chi connectivity index (χ0) is 22.2. The van der Waals surface area contributed by atoms with Crippen LogP contribution >= 0.6 is 12.2 Å². The van der Waals surface area contributed by atoms with Gasteiger partial charge in [-0.15, -0.1) is 0 Å². The molecule has 1 unspecified atom stereocenters. The lowest BCUT2D eigenvalue weighted by molar-refractivity contribution is 0.935. The van der Waals surface area contributed by atoms with Crippen molar-refractivity contribution in [2.75, 3.05) is 10.2 Å². The molecule has 7 heteroatoms. The minimum atomic E-state index is -0.228. The molecule has 1 atom stereocenters. The van der Waals surface area contributed by atoms with Gasteiger partial charge >= 0.3 is 0 Å². The average molecular weight is 437 g/mol. The molecule has 1 aliphatic heterocycles. The van der Waals surface area contributed by atoms with Gasteiger partial charge in [0, 0.05) is 11.4 Å². The van der Waals surface area contributed by atoms with Gasteiger partial charge in [-0.2, -0.15) is 5.26 Å². The van der Waals surface area contributed by atoms with Crippen LogP contribution in [0.15, 0.2) is 72.0 Å². The van der Waals surface area contributed by atoms with Crippen molar-refractivity contribution in [1.82, 2.24) is 9.97 Å². The molecule has 32 heavy (non-hydrogen) atoms. The molecule has 3 aromatic carbocycles. The molecule has 6 nitrogen and oxygen atoms in total. The van der Waals surface area contributed by atoms with E-state index in [0.29, 0.717) is 10.7 Å². The fourth-order valence-corrected chi connectivity index (χ4v) is 4.42. The van der Waals surface area contributed by atoms with Crippen molar-refractivity contribution >= 4 is 45.6 Å². The van der Waals surface area contributed by atoms with Gasteiger partial charge < -0.3 is 15.2 Å². The fraction of sp³-hybridized carbons (Fsp3) is 0.120. The van der Waals surface area contributed by atoms with E-state index < -0.39 is 0 Å². The number of anilines is 2. The predicted molar refractivity (Wildman–Crippen MR) is 132 cm³/mol. The largest absolute Gasteiger partial charge is 0.345 e. The monoisotopic (exact) mass is 436 g/mol. The molecule has 1 aliphatic rings. The quantitative estimate of drug-likeness (QED) is 0.420. The normalized spacial score (nSPS) is 15.7. The molecule has 0 aliphatic carbocycles. The number of nitrogens with zero attached hydrogens (tertiary/aromatic N) is 4. The number of aryl methyl sites for hydroxylation is 2. The topological polar surface area (TPSA) is 80.1 Å². The summed E-state index contributed by atoms with van der Waals surface area (Å²) in [6.45, 7) is 4.19. The lowest BCUT2D eigenvalue weighted by atomic mass is 9.97. The van der Waals surface area contributed by atoms with E-state index in [4.69, 9.17) is 17.2 Å². The SMILES string of the molecule is Cc1ccc(C2C(Nc3cccc(C#N)c3)=NC(=S)N2c2ccc3nc[nH]c3c2)c(C)c1. The zero-order valence-corrected chi connectivity index (χ0v) is 18.4. The first-order valence-electron chi connectivity index (χ1n) is 10.2. The number of hydrogen-bond donors (Lipinski definition) is 2. The van der Waals surface area contributed by atoms with E-state index in [2.05, 4.69) is 58.3 Å². The van der Waals surface area contributed by atoms with Crippen molar-refractivity contribution in [3.63, 3.8) is 0 Å². The van der Waals surface area contributed by atoms with E-state index in [0.717, 1.165) is 39.4 Å². The zero-order valence-electron chi connectivity index (χ0n) is 17.6. The van der Waals surface area contributed by atoms with Crippen LogP contribution in [0.3, 0.4) is 0 Å². The minimum Gasteiger partial charge on any atom is -0.345 e. The summed E-state index contributed by atoms with van der Waals surface area (Å²) in [6.07, 6.45) is 1.68. The third-order valence-corrected chi connectivity index (χ3v) is 5.89. The first-order valence-corrected chi connectivity index (χ1v) is 10.6. The number of thiocarbonyl (C=S) groups is 1. The molecule has 0 spiro atoms. The molecule has 2 heterocycles. The van der Waals surface area contributed by atoms with E-state index >= 15 is 0 Å². The fourth-order valence-electron chi connectivity index (χ4n) is 4.11. The first kappa shape index (κ1) is 19.9. The van der Waals surface area contributed by atoms with E-state index in [1.165, 1.54) is 5.56 Å². The molecular weight excluding hydrogens is 416 g/mol. The maximum Gasteiger partial charge on any atom is 0.202 e. The Kier molecular flexibility index (Phi) is 4.92. The number of nitriles is 1. The molecule has 0 saturated heterocycles. The van der Waals surface area contributed by atoms with Gasteiger partial charge in [0.25, 0.3) is 0 Å². The highest BCUT2D eigenvalue weighted by Gasteiger charge is 2.36. The second-order valence-corrected chi connectivity index (χ2v) is 8.20. The van der Waals surface area contributed by atoms with Crippen molar-refractivity contribution in [1.29, 1.82) is 5.26 Å². The number of H-pyrrole nitrogens is 1. The van der Waals surface area contributed by atoms with Gasteiger partial charge in [0.1, 0.15) is 11.9 Å². The van der Waals surface area contributed by atoms with Gasteiger partial charge in [0.15, 0.2) is 0 Å². The van der Waals surface area contributed by atoms with Crippen LogP contribution in [-0.4, -0.2) is 20.9 Å². The van der Waals surface area contributed by atoms with Gasteiger partial charge in [0.05, 0.1) is 29.0 Å². The second-order valence-electron chi connectivity index (χ2n) is 7.83. The molecular formula is C25H20N6S. The summed E-state index contributed by atoms with van der Waals surface area (Å²) < 4.78 is 0. The third-order valence-electron chi connectivity index (χ3n) is 5.61. The average Bonchev–Trinajstić information content (AvgIpc) is 3.37. The summed E-state index contributed by atoms with van der Waals surface area (Å²) in [4.78, 5) is 14.3. The lowest BCUT2D eigenvalue weighted by Crippen LogP contribution is -2.33. The van der Waals surface area contributed by atoms with E-state index in [1.807, 2.05) is 36.4 Å². The van der Waals surface area contributed by atoms with Gasteiger partial charge in [-0.25, -0.2) is 9.98 Å². The summed E-state index contributed by atoms with van der Waals surface area (Å²) in [7, 11) is 0. The number of rotatable bonds is 3. The summed E-state index contributed by atoms with van der Waals surface area (Å²) in [5, 5.41) is 13.2. The highest BCUT2D eigenvalue weighted by Crippen LogP contribution is 2.37. The van der Waals surface area contributed by atoms with Crippen molar-refractivity contribution in [2.45, 2.75) is 19.9 Å².